The fraction of sp³-hybridized carbons (Fsp3) is 1.00. The lowest BCUT2D eigenvalue weighted by Gasteiger charge is -2.47. The van der Waals surface area contributed by atoms with E-state index < -0.39 is 105 Å². The first-order valence-electron chi connectivity index (χ1n) is 11.8. The van der Waals surface area contributed by atoms with Crippen molar-refractivity contribution in [1.82, 2.24) is 0 Å². The van der Waals surface area contributed by atoms with Gasteiger partial charge in [0.1, 0.15) is 54.9 Å². The van der Waals surface area contributed by atoms with E-state index in [2.05, 4.69) is 0 Å². The monoisotopic (exact) mass is 530 g/mol. The minimum Gasteiger partial charge on any atom is -0.394 e. The van der Waals surface area contributed by atoms with Crippen molar-refractivity contribution < 1.29 is 74.4 Å². The van der Waals surface area contributed by atoms with Crippen LogP contribution in [0.3, 0.4) is 0 Å². The molecule has 36 heavy (non-hydrogen) atoms. The smallest absolute Gasteiger partial charge is 0.187 e. The molecule has 0 aromatic heterocycles. The molecule has 15 nitrogen and oxygen atoms in total. The Hall–Kier alpha value is -0.600. The molecule has 3 aliphatic rings. The molecular formula is C21H38O15. The molecule has 3 rings (SSSR count). The molecule has 0 aliphatic carbocycles. The summed E-state index contributed by atoms with van der Waals surface area (Å²) in [7, 11) is 1.36. The maximum Gasteiger partial charge on any atom is 0.187 e. The van der Waals surface area contributed by atoms with Gasteiger partial charge in [0.2, 0.25) is 0 Å². The maximum absolute atomic E-state index is 10.7. The van der Waals surface area contributed by atoms with Crippen molar-refractivity contribution in [3.8, 4) is 0 Å². The molecule has 3 heterocycles. The number of aliphatic hydroxyl groups excluding tert-OH is 9. The first-order valence-corrected chi connectivity index (χ1v) is 11.8. The predicted molar refractivity (Wildman–Crippen MR) is 114 cm³/mol. The van der Waals surface area contributed by atoms with Crippen LogP contribution in [0, 0.1) is 5.92 Å². The molecule has 0 bridgehead atoms. The molecule has 0 saturated carbocycles. The molecule has 15 atom stereocenters. The zero-order valence-corrected chi connectivity index (χ0v) is 20.0. The van der Waals surface area contributed by atoms with Crippen LogP contribution < -0.4 is 0 Å². The minimum absolute atomic E-state index is 0.0850. The Labute approximate surface area is 207 Å². The lowest BCUT2D eigenvalue weighted by Crippen LogP contribution is -2.64. The Balaban J connectivity index is 1.72. The van der Waals surface area contributed by atoms with E-state index in [0.29, 0.717) is 0 Å². The molecule has 0 radical (unpaired) electrons. The van der Waals surface area contributed by atoms with Crippen molar-refractivity contribution >= 4 is 0 Å². The summed E-state index contributed by atoms with van der Waals surface area (Å²) in [4.78, 5) is 0. The van der Waals surface area contributed by atoms with Crippen molar-refractivity contribution in [3.05, 3.63) is 0 Å². The van der Waals surface area contributed by atoms with Gasteiger partial charge in [-0.1, -0.05) is 0 Å². The van der Waals surface area contributed by atoms with Gasteiger partial charge in [0, 0.05) is 13.0 Å². The fourth-order valence-corrected chi connectivity index (χ4v) is 4.65. The summed E-state index contributed by atoms with van der Waals surface area (Å²) in [6.45, 7) is -0.185. The molecule has 0 spiro atoms. The van der Waals surface area contributed by atoms with Crippen LogP contribution in [0.1, 0.15) is 6.92 Å². The van der Waals surface area contributed by atoms with Gasteiger partial charge in [-0.3, -0.25) is 0 Å². The summed E-state index contributed by atoms with van der Waals surface area (Å²) >= 11 is 0. The largest absolute Gasteiger partial charge is 0.394 e. The molecule has 3 saturated heterocycles. The fourth-order valence-electron chi connectivity index (χ4n) is 4.65. The molecule has 0 aromatic rings. The lowest BCUT2D eigenvalue weighted by atomic mass is 9.89. The Kier molecular flexibility index (Phi) is 10.8. The maximum atomic E-state index is 10.7. The molecule has 3 fully saturated rings. The number of aliphatic hydroxyl groups is 9. The van der Waals surface area contributed by atoms with E-state index in [-0.39, 0.29) is 13.2 Å². The Morgan fingerprint density at radius 1 is 0.611 bits per heavy atom. The Bertz CT molecular complexity index is 667. The number of hydrogen-bond acceptors (Lipinski definition) is 15. The molecule has 212 valence electrons. The van der Waals surface area contributed by atoms with E-state index in [0.717, 1.165) is 0 Å². The van der Waals surface area contributed by atoms with Crippen molar-refractivity contribution in [2.45, 2.75) is 92.8 Å². The van der Waals surface area contributed by atoms with E-state index in [4.69, 9.17) is 28.4 Å². The van der Waals surface area contributed by atoms with E-state index in [1.807, 2.05) is 0 Å². The highest BCUT2D eigenvalue weighted by Crippen LogP contribution is 2.32. The standard InChI is InChI=1S/C21H38O15/c1-7-12(24)16(28)19(10(4-23)33-7)36-21-17(29)13(25)8(5-31-2)11(35-21)6-32-20-18(30)15(27)14(26)9(3-22)34-20/h7-30H,3-6H2,1-2H3/t7-,8-,9?,10+,11?,12?,13-,14+,15-,16?,17?,18?,19-,20+,21+/m1/s1. The topological polar surface area (TPSA) is 237 Å². The lowest BCUT2D eigenvalue weighted by molar-refractivity contribution is -0.349. The van der Waals surface area contributed by atoms with Crippen LogP contribution in [-0.4, -0.2) is 165 Å². The number of rotatable bonds is 9. The highest BCUT2D eigenvalue weighted by Gasteiger charge is 2.51. The average molecular weight is 531 g/mol. The van der Waals surface area contributed by atoms with Crippen LogP contribution in [-0.2, 0) is 28.4 Å². The summed E-state index contributed by atoms with van der Waals surface area (Å²) < 4.78 is 32.9. The SMILES string of the molecule is COC[C@@H]1C(CO[C@H]2OC(CO)[C@H](O)[C@@H](O)C2O)O[C@@H](O[C@H]2C(O)C(O)[C@@H](C)O[C@H]2CO)C(O)[C@@H]1O. The molecule has 6 unspecified atom stereocenters. The Morgan fingerprint density at radius 2 is 1.22 bits per heavy atom. The van der Waals surface area contributed by atoms with Crippen LogP contribution in [0.5, 0.6) is 0 Å². The van der Waals surface area contributed by atoms with Gasteiger partial charge in [-0.25, -0.2) is 0 Å². The van der Waals surface area contributed by atoms with Gasteiger partial charge >= 0.3 is 0 Å². The molecule has 0 amide bonds. The highest BCUT2D eigenvalue weighted by molar-refractivity contribution is 4.95. The molecular weight excluding hydrogens is 492 g/mol. The predicted octanol–water partition coefficient (Wildman–Crippen LogP) is -5.60. The van der Waals surface area contributed by atoms with E-state index in [1.165, 1.54) is 14.0 Å². The van der Waals surface area contributed by atoms with Crippen LogP contribution in [0.15, 0.2) is 0 Å². The van der Waals surface area contributed by atoms with Gasteiger partial charge in [-0.15, -0.1) is 0 Å². The molecule has 3 aliphatic heterocycles. The van der Waals surface area contributed by atoms with Gasteiger partial charge in [0.15, 0.2) is 12.6 Å². The van der Waals surface area contributed by atoms with Crippen LogP contribution in [0.25, 0.3) is 0 Å². The third-order valence-electron chi connectivity index (χ3n) is 6.88. The summed E-state index contributed by atoms with van der Waals surface area (Å²) in [6.07, 6.45) is -19.3. The number of ether oxygens (including phenoxy) is 6. The quantitative estimate of drug-likeness (QED) is 0.135. The van der Waals surface area contributed by atoms with Crippen molar-refractivity contribution in [2.75, 3.05) is 33.5 Å². The van der Waals surface area contributed by atoms with Crippen LogP contribution in [0.4, 0.5) is 0 Å². The first kappa shape index (κ1) is 29.9. The molecule has 15 heteroatoms. The third kappa shape index (κ3) is 6.17. The minimum atomic E-state index is -1.67. The Morgan fingerprint density at radius 3 is 1.83 bits per heavy atom. The van der Waals surface area contributed by atoms with Gasteiger partial charge in [0.25, 0.3) is 0 Å². The van der Waals surface area contributed by atoms with Gasteiger partial charge < -0.3 is 74.4 Å². The summed E-state index contributed by atoms with van der Waals surface area (Å²) in [5.74, 6) is -0.860. The number of methoxy groups -OCH3 is 1. The number of hydrogen-bond donors (Lipinski definition) is 9. The normalized spacial score (nSPS) is 50.2. The van der Waals surface area contributed by atoms with Crippen molar-refractivity contribution in [2.24, 2.45) is 5.92 Å². The van der Waals surface area contributed by atoms with Crippen molar-refractivity contribution in [3.63, 3.8) is 0 Å². The highest BCUT2D eigenvalue weighted by atomic mass is 16.7. The average Bonchev–Trinajstić information content (AvgIpc) is 2.87. The summed E-state index contributed by atoms with van der Waals surface area (Å²) in [6, 6.07) is 0. The molecule has 9 N–H and O–H groups in total. The molecule has 0 aromatic carbocycles. The zero-order chi connectivity index (χ0) is 26.7. The first-order chi connectivity index (χ1) is 17.0. The second-order valence-corrected chi connectivity index (χ2v) is 9.32. The second-order valence-electron chi connectivity index (χ2n) is 9.32. The van der Waals surface area contributed by atoms with Crippen LogP contribution >= 0.6 is 0 Å². The zero-order valence-electron chi connectivity index (χ0n) is 20.0. The van der Waals surface area contributed by atoms with Gasteiger partial charge in [-0.2, -0.15) is 0 Å². The summed E-state index contributed by atoms with van der Waals surface area (Å²) in [5, 5.41) is 91.1. The third-order valence-corrected chi connectivity index (χ3v) is 6.88. The van der Waals surface area contributed by atoms with E-state index in [9.17, 15) is 46.0 Å². The summed E-state index contributed by atoms with van der Waals surface area (Å²) in [5.41, 5.74) is 0. The second kappa shape index (κ2) is 13.0. The van der Waals surface area contributed by atoms with E-state index >= 15 is 0 Å². The van der Waals surface area contributed by atoms with Gasteiger partial charge in [-0.05, 0) is 6.92 Å². The van der Waals surface area contributed by atoms with Crippen molar-refractivity contribution in [1.29, 1.82) is 0 Å². The van der Waals surface area contributed by atoms with Gasteiger partial charge in [0.05, 0.1) is 44.7 Å². The van der Waals surface area contributed by atoms with Crippen LogP contribution in [0.2, 0.25) is 0 Å². The van der Waals surface area contributed by atoms with E-state index in [1.54, 1.807) is 0 Å².